The Kier molecular flexibility index (Phi) is 5.47. The second kappa shape index (κ2) is 6.39. The molecule has 1 saturated heterocycles. The van der Waals surface area contributed by atoms with E-state index in [0.717, 1.165) is 38.8 Å². The topological polar surface area (TPSA) is 20.3 Å². The molecule has 1 rings (SSSR count). The summed E-state index contributed by atoms with van der Waals surface area (Å²) in [6.07, 6.45) is 7.73. The number of Topliss-reactive ketones (excluding diaryl/α,β-unsaturated/α-hetero) is 1. The van der Waals surface area contributed by atoms with E-state index >= 15 is 0 Å². The Bertz CT molecular complexity index is 221. The molecule has 1 heterocycles. The minimum atomic E-state index is -0.185. The molecule has 0 spiro atoms. The highest BCUT2D eigenvalue weighted by Gasteiger charge is 2.36. The van der Waals surface area contributed by atoms with Crippen molar-refractivity contribution in [1.29, 1.82) is 0 Å². The highest BCUT2D eigenvalue weighted by Crippen LogP contribution is 2.26. The zero-order chi connectivity index (χ0) is 12.0. The number of likely N-dealkylation sites (tertiary alicyclic amines) is 1. The molecule has 0 N–H and O–H groups in total. The van der Waals surface area contributed by atoms with Gasteiger partial charge in [-0.15, -0.1) is 0 Å². The van der Waals surface area contributed by atoms with Crippen LogP contribution in [-0.2, 0) is 4.79 Å². The van der Waals surface area contributed by atoms with Crippen LogP contribution in [0.1, 0.15) is 65.7 Å². The summed E-state index contributed by atoms with van der Waals surface area (Å²) in [4.78, 5) is 14.7. The van der Waals surface area contributed by atoms with Gasteiger partial charge in [0.05, 0.1) is 5.54 Å². The van der Waals surface area contributed by atoms with Crippen LogP contribution in [0, 0.1) is 0 Å². The number of unbranched alkanes of at least 4 members (excludes halogenated alkanes) is 1. The van der Waals surface area contributed by atoms with E-state index in [0.29, 0.717) is 5.78 Å². The fourth-order valence-electron chi connectivity index (χ4n) is 2.59. The molecule has 1 fully saturated rings. The van der Waals surface area contributed by atoms with Crippen LogP contribution in [0.2, 0.25) is 0 Å². The molecule has 0 aromatic rings. The lowest BCUT2D eigenvalue weighted by Crippen LogP contribution is -2.53. The molecule has 2 nitrogen and oxygen atoms in total. The highest BCUT2D eigenvalue weighted by atomic mass is 16.1. The molecule has 1 atom stereocenters. The van der Waals surface area contributed by atoms with Gasteiger partial charge in [-0.25, -0.2) is 0 Å². The fraction of sp³-hybridized carbons (Fsp3) is 0.929. The molecule has 0 radical (unpaired) electrons. The number of piperidine rings is 1. The Morgan fingerprint density at radius 2 is 1.81 bits per heavy atom. The zero-order valence-corrected chi connectivity index (χ0v) is 11.2. The third-order valence-electron chi connectivity index (χ3n) is 4.10. The Labute approximate surface area is 100 Å². The number of hydrogen-bond donors (Lipinski definition) is 0. The van der Waals surface area contributed by atoms with Gasteiger partial charge in [-0.05, 0) is 45.7 Å². The van der Waals surface area contributed by atoms with Crippen molar-refractivity contribution in [3.05, 3.63) is 0 Å². The lowest BCUT2D eigenvalue weighted by Gasteiger charge is -2.42. The Hall–Kier alpha value is -0.370. The van der Waals surface area contributed by atoms with Gasteiger partial charge in [0, 0.05) is 6.42 Å². The van der Waals surface area contributed by atoms with E-state index in [1.54, 1.807) is 0 Å². The maximum atomic E-state index is 12.3. The third kappa shape index (κ3) is 3.07. The second-order valence-corrected chi connectivity index (χ2v) is 5.20. The molecular formula is C14H27NO. The van der Waals surface area contributed by atoms with Crippen LogP contribution in [0.15, 0.2) is 0 Å². The van der Waals surface area contributed by atoms with E-state index in [1.807, 2.05) is 0 Å². The van der Waals surface area contributed by atoms with Crippen molar-refractivity contribution < 1.29 is 4.79 Å². The first-order chi connectivity index (χ1) is 7.65. The number of ketones is 1. The summed E-state index contributed by atoms with van der Waals surface area (Å²) in [7, 11) is 0. The minimum Gasteiger partial charge on any atom is -0.298 e. The van der Waals surface area contributed by atoms with Crippen molar-refractivity contribution in [3.63, 3.8) is 0 Å². The molecule has 1 aliphatic rings. The molecule has 1 aliphatic heterocycles. The van der Waals surface area contributed by atoms with Gasteiger partial charge < -0.3 is 0 Å². The average molecular weight is 225 g/mol. The summed E-state index contributed by atoms with van der Waals surface area (Å²) < 4.78 is 0. The maximum absolute atomic E-state index is 12.3. The van der Waals surface area contributed by atoms with Crippen LogP contribution in [0.25, 0.3) is 0 Å². The van der Waals surface area contributed by atoms with E-state index in [9.17, 15) is 4.79 Å². The van der Waals surface area contributed by atoms with Crippen molar-refractivity contribution in [2.45, 2.75) is 71.3 Å². The molecular weight excluding hydrogens is 198 g/mol. The van der Waals surface area contributed by atoms with Crippen LogP contribution in [0.4, 0.5) is 0 Å². The van der Waals surface area contributed by atoms with Crippen molar-refractivity contribution >= 4 is 5.78 Å². The quantitative estimate of drug-likeness (QED) is 0.690. The van der Waals surface area contributed by atoms with E-state index in [2.05, 4.69) is 25.7 Å². The number of hydrogen-bond acceptors (Lipinski definition) is 2. The van der Waals surface area contributed by atoms with E-state index in [1.165, 1.54) is 19.3 Å². The standard InChI is InChI=1S/C14H27NO/c1-4-6-10-13(16)14(3,5-2)15-11-8-7-9-12-15/h4-12H2,1-3H3. The van der Waals surface area contributed by atoms with Crippen molar-refractivity contribution in [1.82, 2.24) is 4.90 Å². The molecule has 0 aromatic carbocycles. The van der Waals surface area contributed by atoms with Crippen LogP contribution < -0.4 is 0 Å². The van der Waals surface area contributed by atoms with Crippen LogP contribution in [-0.4, -0.2) is 29.3 Å². The normalized spacial score (nSPS) is 21.7. The Morgan fingerprint density at radius 3 is 2.31 bits per heavy atom. The van der Waals surface area contributed by atoms with Crippen molar-refractivity contribution in [3.8, 4) is 0 Å². The first-order valence-corrected chi connectivity index (χ1v) is 6.93. The molecule has 0 aliphatic carbocycles. The zero-order valence-electron chi connectivity index (χ0n) is 11.2. The van der Waals surface area contributed by atoms with Gasteiger partial charge in [0.1, 0.15) is 0 Å². The van der Waals surface area contributed by atoms with Crippen LogP contribution in [0.5, 0.6) is 0 Å². The molecule has 16 heavy (non-hydrogen) atoms. The van der Waals surface area contributed by atoms with Crippen molar-refractivity contribution in [2.75, 3.05) is 13.1 Å². The van der Waals surface area contributed by atoms with Gasteiger partial charge in [0.15, 0.2) is 5.78 Å². The van der Waals surface area contributed by atoms with E-state index < -0.39 is 0 Å². The third-order valence-corrected chi connectivity index (χ3v) is 4.10. The number of rotatable bonds is 6. The largest absolute Gasteiger partial charge is 0.298 e. The SMILES string of the molecule is CCCCC(=O)C(C)(CC)N1CCCCC1. The van der Waals surface area contributed by atoms with E-state index in [-0.39, 0.29) is 5.54 Å². The number of nitrogens with zero attached hydrogens (tertiary/aromatic N) is 1. The molecule has 0 aromatic heterocycles. The van der Waals surface area contributed by atoms with E-state index in [4.69, 9.17) is 0 Å². The van der Waals surface area contributed by atoms with Gasteiger partial charge in [-0.1, -0.05) is 26.7 Å². The molecule has 0 amide bonds. The van der Waals surface area contributed by atoms with Crippen molar-refractivity contribution in [2.24, 2.45) is 0 Å². The predicted octanol–water partition coefficient (Wildman–Crippen LogP) is 3.40. The summed E-state index contributed by atoms with van der Waals surface area (Å²) in [5, 5.41) is 0. The summed E-state index contributed by atoms with van der Waals surface area (Å²) in [6.45, 7) is 8.68. The number of carbonyl (C=O) groups excluding carboxylic acids is 1. The highest BCUT2D eigenvalue weighted by molar-refractivity contribution is 5.87. The lowest BCUT2D eigenvalue weighted by atomic mass is 9.86. The monoisotopic (exact) mass is 225 g/mol. The first-order valence-electron chi connectivity index (χ1n) is 6.93. The summed E-state index contributed by atoms with van der Waals surface area (Å²) >= 11 is 0. The summed E-state index contributed by atoms with van der Waals surface area (Å²) in [5.74, 6) is 0.457. The maximum Gasteiger partial charge on any atom is 0.152 e. The Morgan fingerprint density at radius 1 is 1.19 bits per heavy atom. The summed E-state index contributed by atoms with van der Waals surface area (Å²) in [6, 6.07) is 0. The molecule has 0 bridgehead atoms. The smallest absolute Gasteiger partial charge is 0.152 e. The average Bonchev–Trinajstić information content (AvgIpc) is 2.35. The van der Waals surface area contributed by atoms with Gasteiger partial charge in [-0.3, -0.25) is 9.69 Å². The van der Waals surface area contributed by atoms with Crippen LogP contribution >= 0.6 is 0 Å². The molecule has 0 saturated carbocycles. The Balaban J connectivity index is 2.62. The predicted molar refractivity (Wildman–Crippen MR) is 68.7 cm³/mol. The first kappa shape index (κ1) is 13.7. The molecule has 1 unspecified atom stereocenters. The summed E-state index contributed by atoms with van der Waals surface area (Å²) in [5.41, 5.74) is -0.185. The minimum absolute atomic E-state index is 0.185. The number of carbonyl (C=O) groups is 1. The second-order valence-electron chi connectivity index (χ2n) is 5.20. The van der Waals surface area contributed by atoms with Gasteiger partial charge in [0.2, 0.25) is 0 Å². The van der Waals surface area contributed by atoms with Gasteiger partial charge in [-0.2, -0.15) is 0 Å². The fourth-order valence-corrected chi connectivity index (χ4v) is 2.59. The lowest BCUT2D eigenvalue weighted by molar-refractivity contribution is -0.131. The van der Waals surface area contributed by atoms with Gasteiger partial charge >= 0.3 is 0 Å². The molecule has 94 valence electrons. The molecule has 2 heteroatoms. The van der Waals surface area contributed by atoms with Gasteiger partial charge in [0.25, 0.3) is 0 Å². The van der Waals surface area contributed by atoms with Crippen LogP contribution in [0.3, 0.4) is 0 Å².